The van der Waals surface area contributed by atoms with Crippen molar-refractivity contribution in [2.75, 3.05) is 25.1 Å². The Labute approximate surface area is 165 Å². The first-order valence-electron chi connectivity index (χ1n) is 8.50. The zero-order valence-electron chi connectivity index (χ0n) is 14.7. The van der Waals surface area contributed by atoms with Crippen molar-refractivity contribution in [2.45, 2.75) is 6.42 Å². The zero-order chi connectivity index (χ0) is 19.9. The molecule has 1 heterocycles. The third kappa shape index (κ3) is 5.47. The van der Waals surface area contributed by atoms with Crippen molar-refractivity contribution in [1.29, 1.82) is 0 Å². The van der Waals surface area contributed by atoms with E-state index in [1.165, 1.54) is 24.3 Å². The monoisotopic (exact) mass is 405 g/mol. The number of carbonyl (C=O) groups is 2. The molecule has 146 valence electrons. The van der Waals surface area contributed by atoms with Crippen LogP contribution >= 0.6 is 11.6 Å². The van der Waals surface area contributed by atoms with E-state index in [9.17, 15) is 14.0 Å². The molecule has 3 rings (SSSR count). The van der Waals surface area contributed by atoms with Gasteiger partial charge < -0.3 is 19.5 Å². The van der Waals surface area contributed by atoms with Crippen LogP contribution in [-0.2, 0) is 14.3 Å². The van der Waals surface area contributed by atoms with Gasteiger partial charge in [0.25, 0.3) is 5.91 Å². The van der Waals surface area contributed by atoms with Gasteiger partial charge in [0, 0.05) is 17.5 Å². The molecule has 1 amide bonds. The second kappa shape index (κ2) is 9.23. The summed E-state index contributed by atoms with van der Waals surface area (Å²) in [6.45, 7) is 0.594. The maximum Gasteiger partial charge on any atom is 0.331 e. The van der Waals surface area contributed by atoms with Gasteiger partial charge in [-0.25, -0.2) is 9.18 Å². The van der Waals surface area contributed by atoms with E-state index in [0.29, 0.717) is 30.3 Å². The summed E-state index contributed by atoms with van der Waals surface area (Å²) in [5.74, 6) is -0.774. The van der Waals surface area contributed by atoms with Crippen LogP contribution in [0.25, 0.3) is 6.08 Å². The molecule has 0 fully saturated rings. The van der Waals surface area contributed by atoms with Crippen molar-refractivity contribution < 1.29 is 28.2 Å². The number of esters is 1. The molecule has 0 aliphatic carbocycles. The fourth-order valence-corrected chi connectivity index (χ4v) is 2.58. The average Bonchev–Trinajstić information content (AvgIpc) is 2.92. The highest BCUT2D eigenvalue weighted by molar-refractivity contribution is 6.30. The average molecular weight is 406 g/mol. The highest BCUT2D eigenvalue weighted by atomic mass is 35.5. The molecule has 0 saturated carbocycles. The summed E-state index contributed by atoms with van der Waals surface area (Å²) in [6.07, 6.45) is 3.52. The summed E-state index contributed by atoms with van der Waals surface area (Å²) in [5.41, 5.74) is 0.628. The Morgan fingerprint density at radius 2 is 1.93 bits per heavy atom. The second-order valence-corrected chi connectivity index (χ2v) is 6.31. The highest BCUT2D eigenvalue weighted by Crippen LogP contribution is 2.30. The number of rotatable bonds is 5. The van der Waals surface area contributed by atoms with Crippen molar-refractivity contribution >= 4 is 35.2 Å². The molecule has 0 aromatic heterocycles. The Morgan fingerprint density at radius 1 is 1.14 bits per heavy atom. The fraction of sp³-hybridized carbons (Fsp3) is 0.200. The van der Waals surface area contributed by atoms with Gasteiger partial charge >= 0.3 is 5.97 Å². The van der Waals surface area contributed by atoms with E-state index < -0.39 is 24.3 Å². The van der Waals surface area contributed by atoms with E-state index in [1.807, 2.05) is 0 Å². The number of ether oxygens (including phenoxy) is 3. The standard InChI is InChI=1S/C20H17ClFNO5/c21-14-4-5-15(22)16(11-14)23-19(24)12-28-20(25)7-3-13-2-6-17-18(10-13)27-9-1-8-26-17/h2-7,10-11H,1,8-9,12H2,(H,23,24)/b7-3+. The second-order valence-electron chi connectivity index (χ2n) is 5.87. The maximum atomic E-state index is 13.6. The molecular formula is C20H17ClFNO5. The minimum absolute atomic E-state index is 0.0868. The zero-order valence-corrected chi connectivity index (χ0v) is 15.5. The number of nitrogens with one attached hydrogen (secondary N) is 1. The fourth-order valence-electron chi connectivity index (χ4n) is 2.41. The van der Waals surface area contributed by atoms with E-state index >= 15 is 0 Å². The van der Waals surface area contributed by atoms with Crippen LogP contribution in [0.4, 0.5) is 10.1 Å². The third-order valence-electron chi connectivity index (χ3n) is 3.73. The molecule has 0 spiro atoms. The van der Waals surface area contributed by atoms with Gasteiger partial charge in [0.05, 0.1) is 18.9 Å². The first-order chi connectivity index (χ1) is 13.5. The molecular weight excluding hydrogens is 389 g/mol. The summed E-state index contributed by atoms with van der Waals surface area (Å²) in [4.78, 5) is 23.6. The minimum Gasteiger partial charge on any atom is -0.490 e. The molecule has 0 unspecified atom stereocenters. The quantitative estimate of drug-likeness (QED) is 0.604. The van der Waals surface area contributed by atoms with Crippen LogP contribution in [0.3, 0.4) is 0 Å². The van der Waals surface area contributed by atoms with Crippen molar-refractivity contribution in [3.8, 4) is 11.5 Å². The van der Waals surface area contributed by atoms with Crippen molar-refractivity contribution in [2.24, 2.45) is 0 Å². The molecule has 1 aliphatic rings. The van der Waals surface area contributed by atoms with E-state index in [1.54, 1.807) is 18.2 Å². The van der Waals surface area contributed by atoms with Gasteiger partial charge in [-0.1, -0.05) is 17.7 Å². The Morgan fingerprint density at radius 3 is 2.75 bits per heavy atom. The van der Waals surface area contributed by atoms with Gasteiger partial charge in [-0.05, 0) is 42.0 Å². The number of amides is 1. The first kappa shape index (κ1) is 19.7. The van der Waals surface area contributed by atoms with Crippen molar-refractivity contribution in [3.63, 3.8) is 0 Å². The summed E-state index contributed by atoms with van der Waals surface area (Å²) < 4.78 is 29.5. The van der Waals surface area contributed by atoms with Crippen LogP contribution in [0, 0.1) is 5.82 Å². The summed E-state index contributed by atoms with van der Waals surface area (Å²) >= 11 is 5.75. The van der Waals surface area contributed by atoms with Crippen LogP contribution in [-0.4, -0.2) is 31.7 Å². The van der Waals surface area contributed by atoms with E-state index in [0.717, 1.165) is 12.5 Å². The molecule has 2 aromatic carbocycles. The van der Waals surface area contributed by atoms with E-state index in [-0.39, 0.29) is 10.7 Å². The van der Waals surface area contributed by atoms with Crippen molar-refractivity contribution in [1.82, 2.24) is 0 Å². The number of carbonyl (C=O) groups excluding carboxylic acids is 2. The molecule has 0 radical (unpaired) electrons. The van der Waals surface area contributed by atoms with Crippen LogP contribution in [0.5, 0.6) is 11.5 Å². The summed E-state index contributed by atoms with van der Waals surface area (Å²) in [6, 6.07) is 9.03. The molecule has 0 bridgehead atoms. The number of hydrogen-bond acceptors (Lipinski definition) is 5. The molecule has 0 atom stereocenters. The lowest BCUT2D eigenvalue weighted by atomic mass is 10.2. The Hall–Kier alpha value is -3.06. The summed E-state index contributed by atoms with van der Waals surface area (Å²) in [5, 5.41) is 2.56. The molecule has 1 aliphatic heterocycles. The number of hydrogen-bond donors (Lipinski definition) is 1. The molecule has 8 heteroatoms. The lowest BCUT2D eigenvalue weighted by molar-refractivity contribution is -0.142. The lowest BCUT2D eigenvalue weighted by Crippen LogP contribution is -2.20. The number of benzene rings is 2. The lowest BCUT2D eigenvalue weighted by Gasteiger charge is -2.08. The predicted molar refractivity (Wildman–Crippen MR) is 102 cm³/mol. The van der Waals surface area contributed by atoms with E-state index in [2.05, 4.69) is 5.32 Å². The van der Waals surface area contributed by atoms with Crippen LogP contribution in [0.1, 0.15) is 12.0 Å². The van der Waals surface area contributed by atoms with Crippen LogP contribution < -0.4 is 14.8 Å². The van der Waals surface area contributed by atoms with Gasteiger partial charge in [-0.2, -0.15) is 0 Å². The molecule has 28 heavy (non-hydrogen) atoms. The highest BCUT2D eigenvalue weighted by Gasteiger charge is 2.11. The Bertz CT molecular complexity index is 915. The van der Waals surface area contributed by atoms with Crippen molar-refractivity contribution in [3.05, 3.63) is 58.9 Å². The van der Waals surface area contributed by atoms with Gasteiger partial charge in [-0.3, -0.25) is 4.79 Å². The van der Waals surface area contributed by atoms with Gasteiger partial charge in [0.15, 0.2) is 18.1 Å². The number of fused-ring (bicyclic) bond motifs is 1. The first-order valence-corrected chi connectivity index (χ1v) is 8.88. The SMILES string of the molecule is O=C(COC(=O)/C=C/c1ccc2c(c1)OCCCO2)Nc1cc(Cl)ccc1F. The predicted octanol–water partition coefficient (Wildman–Crippen LogP) is 3.84. The Balaban J connectivity index is 1.52. The van der Waals surface area contributed by atoms with Crippen LogP contribution in [0.2, 0.25) is 5.02 Å². The van der Waals surface area contributed by atoms with Gasteiger partial charge in [0.1, 0.15) is 5.82 Å². The smallest absolute Gasteiger partial charge is 0.331 e. The Kier molecular flexibility index (Phi) is 6.49. The topological polar surface area (TPSA) is 73.9 Å². The molecule has 2 aromatic rings. The molecule has 1 N–H and O–H groups in total. The van der Waals surface area contributed by atoms with Gasteiger partial charge in [-0.15, -0.1) is 0 Å². The van der Waals surface area contributed by atoms with Crippen LogP contribution in [0.15, 0.2) is 42.5 Å². The molecule has 6 nitrogen and oxygen atoms in total. The maximum absolute atomic E-state index is 13.6. The van der Waals surface area contributed by atoms with Gasteiger partial charge in [0.2, 0.25) is 0 Å². The van der Waals surface area contributed by atoms with E-state index in [4.69, 9.17) is 25.8 Å². The minimum atomic E-state index is -0.714. The normalized spacial score (nSPS) is 13.1. The third-order valence-corrected chi connectivity index (χ3v) is 3.97. The number of halogens is 2. The largest absolute Gasteiger partial charge is 0.490 e. The summed E-state index contributed by atoms with van der Waals surface area (Å²) in [7, 11) is 0. The molecule has 0 saturated heterocycles. The number of anilines is 1.